The highest BCUT2D eigenvalue weighted by molar-refractivity contribution is 7.20. The van der Waals surface area contributed by atoms with E-state index in [-0.39, 0.29) is 24.1 Å². The molecular formula is C26H28N6O4S. The fourth-order valence-corrected chi connectivity index (χ4v) is 6.15. The summed E-state index contributed by atoms with van der Waals surface area (Å²) in [6, 6.07) is 10.3. The van der Waals surface area contributed by atoms with Crippen LogP contribution in [0.3, 0.4) is 0 Å². The third kappa shape index (κ3) is 4.70. The zero-order chi connectivity index (χ0) is 26.1. The molecule has 11 heteroatoms. The van der Waals surface area contributed by atoms with Crippen LogP contribution < -0.4 is 16.2 Å². The number of carbonyl (C=O) groups is 2. The molecule has 2 saturated heterocycles. The number of rotatable bonds is 5. The summed E-state index contributed by atoms with van der Waals surface area (Å²) in [5, 5.41) is 9.58. The molecule has 2 aromatic heterocycles. The molecule has 0 spiro atoms. The molecule has 1 amide bonds. The van der Waals surface area contributed by atoms with Gasteiger partial charge in [-0.05, 0) is 43.4 Å². The number of amides is 1. The number of piperidine rings is 1. The molecule has 2 fully saturated rings. The average Bonchev–Trinajstić information content (AvgIpc) is 3.57. The minimum absolute atomic E-state index is 0.0359. The minimum Gasteiger partial charge on any atom is -0.467 e. The van der Waals surface area contributed by atoms with E-state index >= 15 is 0 Å². The number of esters is 1. The maximum Gasteiger partial charge on any atom is 0.328 e. The van der Waals surface area contributed by atoms with Gasteiger partial charge in [-0.1, -0.05) is 18.2 Å². The first-order valence-corrected chi connectivity index (χ1v) is 13.1. The van der Waals surface area contributed by atoms with E-state index in [0.29, 0.717) is 64.6 Å². The van der Waals surface area contributed by atoms with E-state index in [9.17, 15) is 19.6 Å². The topological polar surface area (TPSA) is 135 Å². The van der Waals surface area contributed by atoms with Gasteiger partial charge in [-0.25, -0.2) is 9.78 Å². The number of hydrogen-bond acceptors (Lipinski definition) is 9. The minimum atomic E-state index is -0.625. The van der Waals surface area contributed by atoms with E-state index in [1.165, 1.54) is 12.0 Å². The van der Waals surface area contributed by atoms with Gasteiger partial charge in [0.25, 0.3) is 11.5 Å². The van der Waals surface area contributed by atoms with E-state index in [2.05, 4.69) is 6.07 Å². The second-order valence-corrected chi connectivity index (χ2v) is 10.5. The van der Waals surface area contributed by atoms with Crippen molar-refractivity contribution in [3.05, 3.63) is 56.7 Å². The van der Waals surface area contributed by atoms with Gasteiger partial charge in [0.15, 0.2) is 0 Å². The lowest BCUT2D eigenvalue weighted by atomic mass is 10.1. The molecule has 192 valence electrons. The average molecular weight is 521 g/mol. The number of anilines is 1. The van der Waals surface area contributed by atoms with Gasteiger partial charge in [0.05, 0.1) is 35.7 Å². The third-order valence-corrected chi connectivity index (χ3v) is 8.12. The lowest BCUT2D eigenvalue weighted by Gasteiger charge is -2.33. The Kier molecular flexibility index (Phi) is 6.95. The number of benzene rings is 1. The van der Waals surface area contributed by atoms with Crippen LogP contribution in [0.2, 0.25) is 0 Å². The van der Waals surface area contributed by atoms with E-state index in [1.807, 2.05) is 17.0 Å². The normalized spacial score (nSPS) is 19.7. The number of nitriles is 1. The molecule has 4 heterocycles. The molecular weight excluding hydrogens is 492 g/mol. The largest absolute Gasteiger partial charge is 0.467 e. The van der Waals surface area contributed by atoms with Gasteiger partial charge in [0.2, 0.25) is 5.95 Å². The van der Waals surface area contributed by atoms with Crippen LogP contribution in [0.15, 0.2) is 35.1 Å². The molecule has 0 unspecified atom stereocenters. The monoisotopic (exact) mass is 520 g/mol. The molecule has 10 nitrogen and oxygen atoms in total. The number of thiophene rings is 1. The van der Waals surface area contributed by atoms with Gasteiger partial charge in [0, 0.05) is 25.7 Å². The summed E-state index contributed by atoms with van der Waals surface area (Å²) < 4.78 is 6.81. The van der Waals surface area contributed by atoms with Crippen molar-refractivity contribution < 1.29 is 14.3 Å². The number of fused-ring (bicyclic) bond motifs is 1. The second-order valence-electron chi connectivity index (χ2n) is 9.43. The highest BCUT2D eigenvalue weighted by Gasteiger charge is 2.36. The standard InChI is InChI=1S/C26H28N6O4S/c1-36-25(35)20-9-5-11-31(20)23(33)21-12-19-22(37-21)24(34)32(14-17-7-3-2-6-16(17)13-27)26(29-19)30-10-4-8-18(28)15-30/h2-3,6-7,12,18,20H,4-5,8-11,14-15,28H2,1H3/t18-,20+/m1/s1. The van der Waals surface area contributed by atoms with Gasteiger partial charge in [0.1, 0.15) is 10.7 Å². The predicted octanol–water partition coefficient (Wildman–Crippen LogP) is 2.08. The quantitative estimate of drug-likeness (QED) is 0.506. The Morgan fingerprint density at radius 3 is 2.78 bits per heavy atom. The Morgan fingerprint density at radius 1 is 1.24 bits per heavy atom. The Morgan fingerprint density at radius 2 is 2.03 bits per heavy atom. The van der Waals surface area contributed by atoms with Crippen LogP contribution in [-0.4, -0.2) is 65.2 Å². The summed E-state index contributed by atoms with van der Waals surface area (Å²) in [6.07, 6.45) is 3.03. The molecule has 0 aliphatic carbocycles. The van der Waals surface area contributed by atoms with Crippen molar-refractivity contribution in [3.63, 3.8) is 0 Å². The lowest BCUT2D eigenvalue weighted by molar-refractivity contribution is -0.145. The molecule has 3 aromatic rings. The van der Waals surface area contributed by atoms with Crippen molar-refractivity contribution in [1.82, 2.24) is 14.5 Å². The molecule has 2 atom stereocenters. The van der Waals surface area contributed by atoms with Crippen LogP contribution in [-0.2, 0) is 16.1 Å². The van der Waals surface area contributed by atoms with Crippen LogP contribution >= 0.6 is 11.3 Å². The zero-order valence-electron chi connectivity index (χ0n) is 20.6. The highest BCUT2D eigenvalue weighted by atomic mass is 32.1. The zero-order valence-corrected chi connectivity index (χ0v) is 21.4. The summed E-state index contributed by atoms with van der Waals surface area (Å²) in [7, 11) is 1.31. The number of ether oxygens (including phenoxy) is 1. The van der Waals surface area contributed by atoms with Gasteiger partial charge in [-0.2, -0.15) is 5.26 Å². The predicted molar refractivity (Wildman–Crippen MR) is 140 cm³/mol. The van der Waals surface area contributed by atoms with Gasteiger partial charge < -0.3 is 20.3 Å². The molecule has 5 rings (SSSR count). The van der Waals surface area contributed by atoms with Gasteiger partial charge in [-0.3, -0.25) is 14.2 Å². The molecule has 2 N–H and O–H groups in total. The van der Waals surface area contributed by atoms with Crippen LogP contribution in [0.1, 0.15) is 46.5 Å². The van der Waals surface area contributed by atoms with E-state index in [4.69, 9.17) is 15.5 Å². The van der Waals surface area contributed by atoms with Crippen LogP contribution in [0.4, 0.5) is 5.95 Å². The molecule has 0 radical (unpaired) electrons. The van der Waals surface area contributed by atoms with Gasteiger partial charge >= 0.3 is 5.97 Å². The summed E-state index contributed by atoms with van der Waals surface area (Å²) in [4.78, 5) is 48.1. The third-order valence-electron chi connectivity index (χ3n) is 7.02. The lowest BCUT2D eigenvalue weighted by Crippen LogP contribution is -2.45. The Bertz CT molecular complexity index is 1460. The molecule has 37 heavy (non-hydrogen) atoms. The van der Waals surface area contributed by atoms with Crippen LogP contribution in [0.25, 0.3) is 10.2 Å². The van der Waals surface area contributed by atoms with Crippen molar-refractivity contribution >= 4 is 39.4 Å². The molecule has 0 bridgehead atoms. The van der Waals surface area contributed by atoms with Crippen molar-refractivity contribution in [2.75, 3.05) is 31.6 Å². The molecule has 2 aliphatic rings. The van der Waals surface area contributed by atoms with E-state index < -0.39 is 12.0 Å². The maximum atomic E-state index is 13.8. The number of likely N-dealkylation sites (tertiary alicyclic amines) is 1. The Labute approximate surface area is 217 Å². The number of hydrogen-bond donors (Lipinski definition) is 1. The number of methoxy groups -OCH3 is 1. The number of nitrogens with two attached hydrogens (primary N) is 1. The van der Waals surface area contributed by atoms with E-state index in [0.717, 1.165) is 24.2 Å². The summed E-state index contributed by atoms with van der Waals surface area (Å²) >= 11 is 1.08. The first-order valence-electron chi connectivity index (χ1n) is 12.3. The van der Waals surface area contributed by atoms with Crippen molar-refractivity contribution in [3.8, 4) is 6.07 Å². The first-order chi connectivity index (χ1) is 17.9. The Balaban J connectivity index is 1.59. The Hall–Kier alpha value is -3.75. The number of carbonyl (C=O) groups excluding carboxylic acids is 2. The van der Waals surface area contributed by atoms with Crippen LogP contribution in [0, 0.1) is 11.3 Å². The fourth-order valence-electron chi connectivity index (χ4n) is 5.15. The fraction of sp³-hybridized carbons (Fsp3) is 0.423. The SMILES string of the molecule is COC(=O)[C@@H]1CCCN1C(=O)c1cc2nc(N3CCC[C@@H](N)C3)n(Cc3ccccc3C#N)c(=O)c2s1. The smallest absolute Gasteiger partial charge is 0.328 e. The molecule has 1 aromatic carbocycles. The highest BCUT2D eigenvalue weighted by Crippen LogP contribution is 2.29. The summed E-state index contributed by atoms with van der Waals surface area (Å²) in [5.41, 5.74) is 7.60. The maximum absolute atomic E-state index is 13.8. The first kappa shape index (κ1) is 24.9. The van der Waals surface area contributed by atoms with E-state index in [1.54, 1.807) is 22.8 Å². The van der Waals surface area contributed by atoms with Crippen LogP contribution in [0.5, 0.6) is 0 Å². The molecule has 0 saturated carbocycles. The molecule has 2 aliphatic heterocycles. The summed E-state index contributed by atoms with van der Waals surface area (Å²) in [5.74, 6) is -0.267. The number of nitrogens with zero attached hydrogens (tertiary/aromatic N) is 5. The number of aromatic nitrogens is 2. The van der Waals surface area contributed by atoms with Crippen molar-refractivity contribution in [1.29, 1.82) is 5.26 Å². The van der Waals surface area contributed by atoms with Gasteiger partial charge in [-0.15, -0.1) is 11.3 Å². The summed E-state index contributed by atoms with van der Waals surface area (Å²) in [6.45, 7) is 1.88. The van der Waals surface area contributed by atoms with Crippen molar-refractivity contribution in [2.24, 2.45) is 5.73 Å². The second kappa shape index (κ2) is 10.3. The van der Waals surface area contributed by atoms with Crippen molar-refractivity contribution in [2.45, 2.75) is 44.3 Å².